The molecule has 2 spiro atoms. The molecular weight excluding hydrogens is 352 g/mol. The molecule has 2 saturated heterocycles. The number of carbonyl (C=O) groups excluding carboxylic acids is 1. The predicted molar refractivity (Wildman–Crippen MR) is 92.1 cm³/mol. The van der Waals surface area contributed by atoms with E-state index in [4.69, 9.17) is 4.74 Å². The number of aliphatic hydroxyl groups excluding tert-OH is 4. The third-order valence-corrected chi connectivity index (χ3v) is 9.08. The van der Waals surface area contributed by atoms with Crippen LogP contribution in [0.4, 0.5) is 0 Å². The fraction of sp³-hybridized carbons (Fsp3) is 0.850. The van der Waals surface area contributed by atoms with Crippen molar-refractivity contribution in [2.45, 2.75) is 56.7 Å². The van der Waals surface area contributed by atoms with E-state index in [2.05, 4.69) is 6.58 Å². The van der Waals surface area contributed by atoms with Gasteiger partial charge in [0.05, 0.1) is 18.8 Å². The zero-order valence-corrected chi connectivity index (χ0v) is 15.5. The van der Waals surface area contributed by atoms with E-state index < -0.39 is 63.9 Å². The van der Waals surface area contributed by atoms with Gasteiger partial charge in [-0.1, -0.05) is 13.5 Å². The molecule has 2 aliphatic heterocycles. The van der Waals surface area contributed by atoms with E-state index in [-0.39, 0.29) is 18.8 Å². The topological polar surface area (TPSA) is 127 Å². The van der Waals surface area contributed by atoms with Crippen LogP contribution in [0.2, 0.25) is 0 Å². The summed E-state index contributed by atoms with van der Waals surface area (Å²) in [6.07, 6.45) is -1.59. The molecule has 0 radical (unpaired) electrons. The van der Waals surface area contributed by atoms with Crippen molar-refractivity contribution in [3.63, 3.8) is 0 Å². The lowest BCUT2D eigenvalue weighted by molar-refractivity contribution is -0.459. The van der Waals surface area contributed by atoms with E-state index in [1.807, 2.05) is 6.92 Å². The Morgan fingerprint density at radius 3 is 2.56 bits per heavy atom. The molecule has 0 aromatic carbocycles. The second-order valence-corrected chi connectivity index (χ2v) is 9.79. The van der Waals surface area contributed by atoms with E-state index in [1.54, 1.807) is 0 Å². The van der Waals surface area contributed by atoms with Crippen molar-refractivity contribution in [3.8, 4) is 0 Å². The second-order valence-electron chi connectivity index (χ2n) is 9.79. The van der Waals surface area contributed by atoms with Crippen molar-refractivity contribution >= 4 is 5.78 Å². The Kier molecular flexibility index (Phi) is 3.38. The van der Waals surface area contributed by atoms with Crippen molar-refractivity contribution in [2.75, 3.05) is 13.2 Å². The number of carbonyl (C=O) groups is 1. The van der Waals surface area contributed by atoms with Crippen molar-refractivity contribution < 1.29 is 35.1 Å². The SMILES string of the molecule is C=C1C(=O)[C@]23[C@H](O)[C@H]1CC[C@H]2[C@@]12CO[C@]3(O)[C@@H](O)[C@@H]1[C@](C)(CO)CC[C@H]2O. The van der Waals surface area contributed by atoms with Gasteiger partial charge in [0.25, 0.3) is 0 Å². The van der Waals surface area contributed by atoms with E-state index in [1.165, 1.54) is 0 Å². The molecule has 4 saturated carbocycles. The van der Waals surface area contributed by atoms with Crippen LogP contribution in [0.25, 0.3) is 0 Å². The van der Waals surface area contributed by atoms with Gasteiger partial charge in [-0.15, -0.1) is 0 Å². The summed E-state index contributed by atoms with van der Waals surface area (Å²) in [5.41, 5.74) is -3.18. The standard InChI is InChI=1S/C20H28O7/c1-9-10-3-4-11-18-8-27-20(26,19(11,14(9)23)15(10)24)16(25)13(18)17(2,7-21)6-5-12(18)22/h10-13,15-16,21-22,24-26H,1,3-8H2,2H3/t10-,11-,12+,13+,15+,16-,17-,18+,19-,20+/m0/s1. The molecule has 4 aliphatic carbocycles. The van der Waals surface area contributed by atoms with Crippen LogP contribution in [0.3, 0.4) is 0 Å². The first kappa shape index (κ1) is 18.2. The van der Waals surface area contributed by atoms with Gasteiger partial charge in [-0.3, -0.25) is 4.79 Å². The van der Waals surface area contributed by atoms with Crippen molar-refractivity contribution in [1.82, 2.24) is 0 Å². The van der Waals surface area contributed by atoms with Gasteiger partial charge in [0.1, 0.15) is 11.5 Å². The predicted octanol–water partition coefficient (Wildman–Crippen LogP) is -0.652. The number of Topliss-reactive ketones (excluding diaryl/α,β-unsaturated/α-hetero) is 1. The minimum absolute atomic E-state index is 0.00839. The van der Waals surface area contributed by atoms with Gasteiger partial charge < -0.3 is 30.3 Å². The zero-order chi connectivity index (χ0) is 19.6. The van der Waals surface area contributed by atoms with Gasteiger partial charge in [0.15, 0.2) is 5.78 Å². The van der Waals surface area contributed by atoms with Gasteiger partial charge in [-0.25, -0.2) is 0 Å². The highest BCUT2D eigenvalue weighted by molar-refractivity contribution is 6.05. The molecule has 0 aromatic rings. The van der Waals surface area contributed by atoms with Crippen molar-refractivity contribution in [1.29, 1.82) is 0 Å². The largest absolute Gasteiger partial charge is 0.396 e. The fourth-order valence-electron chi connectivity index (χ4n) is 7.91. The highest BCUT2D eigenvalue weighted by Gasteiger charge is 2.87. The Hall–Kier alpha value is -0.830. The summed E-state index contributed by atoms with van der Waals surface area (Å²) in [7, 11) is 0. The first-order valence-corrected chi connectivity index (χ1v) is 9.88. The zero-order valence-electron chi connectivity index (χ0n) is 15.5. The maximum Gasteiger partial charge on any atom is 0.208 e. The molecule has 5 N–H and O–H groups in total. The van der Waals surface area contributed by atoms with Crippen LogP contribution in [-0.4, -0.2) is 68.6 Å². The number of hydrogen-bond acceptors (Lipinski definition) is 7. The quantitative estimate of drug-likeness (QED) is 0.383. The molecule has 4 bridgehead atoms. The van der Waals surface area contributed by atoms with Gasteiger partial charge in [0, 0.05) is 23.9 Å². The molecular formula is C20H28O7. The second kappa shape index (κ2) is 5.01. The number of ketones is 1. The van der Waals surface area contributed by atoms with Crippen LogP contribution >= 0.6 is 0 Å². The molecule has 7 heteroatoms. The van der Waals surface area contributed by atoms with E-state index in [9.17, 15) is 30.3 Å². The minimum atomic E-state index is -2.26. The molecule has 6 rings (SSSR count). The summed E-state index contributed by atoms with van der Waals surface area (Å²) in [5.74, 6) is -4.36. The Balaban J connectivity index is 1.80. The summed E-state index contributed by atoms with van der Waals surface area (Å²) in [6, 6.07) is 0. The highest BCUT2D eigenvalue weighted by atomic mass is 16.6. The maximum atomic E-state index is 13.4. The number of ether oxygens (including phenoxy) is 1. The summed E-state index contributed by atoms with van der Waals surface area (Å²) in [6.45, 7) is 5.50. The van der Waals surface area contributed by atoms with Gasteiger partial charge in [0.2, 0.25) is 5.79 Å². The molecule has 6 fully saturated rings. The number of rotatable bonds is 1. The molecule has 10 atom stereocenters. The maximum absolute atomic E-state index is 13.4. The highest BCUT2D eigenvalue weighted by Crippen LogP contribution is 2.76. The average Bonchev–Trinajstić information content (AvgIpc) is 2.76. The monoisotopic (exact) mass is 380 g/mol. The molecule has 6 aliphatic rings. The Labute approximate surface area is 157 Å². The van der Waals surface area contributed by atoms with Crippen LogP contribution < -0.4 is 0 Å². The van der Waals surface area contributed by atoms with E-state index in [0.717, 1.165) is 0 Å². The summed E-state index contributed by atoms with van der Waals surface area (Å²) >= 11 is 0. The summed E-state index contributed by atoms with van der Waals surface area (Å²) in [5, 5.41) is 55.3. The van der Waals surface area contributed by atoms with Crippen molar-refractivity contribution in [3.05, 3.63) is 12.2 Å². The average molecular weight is 380 g/mol. The van der Waals surface area contributed by atoms with Crippen LogP contribution in [0.15, 0.2) is 12.2 Å². The third-order valence-electron chi connectivity index (χ3n) is 9.08. The van der Waals surface area contributed by atoms with E-state index >= 15 is 0 Å². The smallest absolute Gasteiger partial charge is 0.208 e. The lowest BCUT2D eigenvalue weighted by Gasteiger charge is -2.74. The van der Waals surface area contributed by atoms with Crippen molar-refractivity contribution in [2.24, 2.45) is 34.0 Å². The molecule has 0 amide bonds. The normalized spacial score (nSPS) is 61.7. The Morgan fingerprint density at radius 1 is 1.19 bits per heavy atom. The molecule has 0 aromatic heterocycles. The van der Waals surface area contributed by atoms with Gasteiger partial charge >= 0.3 is 0 Å². The van der Waals surface area contributed by atoms with Crippen LogP contribution in [-0.2, 0) is 9.53 Å². The number of aliphatic hydroxyl groups is 5. The van der Waals surface area contributed by atoms with Crippen LogP contribution in [0.5, 0.6) is 0 Å². The van der Waals surface area contributed by atoms with Gasteiger partial charge in [-0.2, -0.15) is 0 Å². The summed E-state index contributed by atoms with van der Waals surface area (Å²) in [4.78, 5) is 13.4. The lowest BCUT2D eigenvalue weighted by Crippen LogP contribution is -2.86. The van der Waals surface area contributed by atoms with Crippen LogP contribution in [0.1, 0.15) is 32.6 Å². The Morgan fingerprint density at radius 2 is 1.89 bits per heavy atom. The molecule has 2 heterocycles. The molecule has 7 nitrogen and oxygen atoms in total. The summed E-state index contributed by atoms with van der Waals surface area (Å²) < 4.78 is 5.77. The molecule has 27 heavy (non-hydrogen) atoms. The first-order chi connectivity index (χ1) is 12.6. The molecule has 150 valence electrons. The lowest BCUT2D eigenvalue weighted by atomic mass is 9.35. The Bertz CT molecular complexity index is 738. The third kappa shape index (κ3) is 1.56. The minimum Gasteiger partial charge on any atom is -0.396 e. The van der Waals surface area contributed by atoms with E-state index in [0.29, 0.717) is 25.7 Å². The first-order valence-electron chi connectivity index (χ1n) is 9.88. The van der Waals surface area contributed by atoms with Gasteiger partial charge in [-0.05, 0) is 42.6 Å². The van der Waals surface area contributed by atoms with Crippen LogP contribution in [0, 0.1) is 34.0 Å². The number of hydrogen-bond donors (Lipinski definition) is 5. The molecule has 0 unspecified atom stereocenters. The fourth-order valence-corrected chi connectivity index (χ4v) is 7.91. The number of fused-ring (bicyclic) bond motifs is 2.